The molecule has 6 nitrogen and oxygen atoms in total. The highest BCUT2D eigenvalue weighted by Crippen LogP contribution is 2.19. The molecule has 4 rings (SSSR count). The molecule has 2 N–H and O–H groups in total. The normalized spacial score (nSPS) is 14.1. The minimum atomic E-state index is -0.273. The summed E-state index contributed by atoms with van der Waals surface area (Å²) >= 11 is 0. The van der Waals surface area contributed by atoms with Gasteiger partial charge in [-0.05, 0) is 42.0 Å². The highest BCUT2D eigenvalue weighted by molar-refractivity contribution is 6.12. The Morgan fingerprint density at radius 3 is 2.19 bits per heavy atom. The molecule has 1 fully saturated rings. The Morgan fingerprint density at radius 1 is 0.774 bits per heavy atom. The number of rotatable bonds is 6. The molecular weight excluding hydrogens is 390 g/mol. The van der Waals surface area contributed by atoms with E-state index in [0.29, 0.717) is 22.5 Å². The molecular formula is C25H25N3O3. The van der Waals surface area contributed by atoms with Gasteiger partial charge in [0.1, 0.15) is 0 Å². The minimum absolute atomic E-state index is 0.256. The maximum atomic E-state index is 12.9. The summed E-state index contributed by atoms with van der Waals surface area (Å²) in [6.07, 6.45) is 0. The number of morpholine rings is 1. The van der Waals surface area contributed by atoms with Crippen LogP contribution in [0.4, 0.5) is 11.4 Å². The smallest absolute Gasteiger partial charge is 0.257 e. The molecule has 1 aliphatic heterocycles. The van der Waals surface area contributed by atoms with Gasteiger partial charge >= 0.3 is 0 Å². The Kier molecular flexibility index (Phi) is 6.72. The first-order valence-corrected chi connectivity index (χ1v) is 10.3. The van der Waals surface area contributed by atoms with E-state index in [2.05, 4.69) is 15.5 Å². The van der Waals surface area contributed by atoms with Gasteiger partial charge in [0.25, 0.3) is 11.8 Å². The van der Waals surface area contributed by atoms with Crippen molar-refractivity contribution in [1.82, 2.24) is 4.90 Å². The maximum absolute atomic E-state index is 12.9. The number of amides is 2. The van der Waals surface area contributed by atoms with Crippen LogP contribution >= 0.6 is 0 Å². The molecule has 0 aromatic heterocycles. The second-order valence-corrected chi connectivity index (χ2v) is 7.41. The van der Waals surface area contributed by atoms with Crippen molar-refractivity contribution < 1.29 is 14.3 Å². The molecule has 3 aromatic carbocycles. The fraction of sp³-hybridized carbons (Fsp3) is 0.200. The molecule has 1 saturated heterocycles. The quantitative estimate of drug-likeness (QED) is 0.638. The molecule has 1 aliphatic rings. The maximum Gasteiger partial charge on any atom is 0.257 e. The molecule has 0 radical (unpaired) electrons. The third kappa shape index (κ3) is 5.57. The molecule has 0 aliphatic carbocycles. The van der Waals surface area contributed by atoms with Gasteiger partial charge in [0.05, 0.1) is 24.5 Å². The lowest BCUT2D eigenvalue weighted by molar-refractivity contribution is 0.0342. The lowest BCUT2D eigenvalue weighted by Gasteiger charge is -2.26. The number of hydrogen-bond acceptors (Lipinski definition) is 4. The molecule has 1 heterocycles. The van der Waals surface area contributed by atoms with E-state index in [1.54, 1.807) is 48.5 Å². The topological polar surface area (TPSA) is 70.7 Å². The Bertz CT molecular complexity index is 1030. The van der Waals surface area contributed by atoms with Crippen LogP contribution in [0.25, 0.3) is 0 Å². The van der Waals surface area contributed by atoms with Gasteiger partial charge in [-0.1, -0.05) is 42.5 Å². The predicted octanol–water partition coefficient (Wildman–Crippen LogP) is 4.02. The third-order valence-corrected chi connectivity index (χ3v) is 5.18. The first kappa shape index (κ1) is 20.8. The third-order valence-electron chi connectivity index (χ3n) is 5.18. The Labute approximate surface area is 181 Å². The van der Waals surface area contributed by atoms with Crippen LogP contribution in [-0.2, 0) is 11.3 Å². The van der Waals surface area contributed by atoms with Gasteiger partial charge in [-0.3, -0.25) is 14.5 Å². The summed E-state index contributed by atoms with van der Waals surface area (Å²) in [7, 11) is 0. The molecule has 0 atom stereocenters. The molecule has 0 unspecified atom stereocenters. The van der Waals surface area contributed by atoms with E-state index in [-0.39, 0.29) is 11.8 Å². The second kappa shape index (κ2) is 10.0. The van der Waals surface area contributed by atoms with Gasteiger partial charge < -0.3 is 15.4 Å². The van der Waals surface area contributed by atoms with Crippen molar-refractivity contribution in [3.63, 3.8) is 0 Å². The summed E-state index contributed by atoms with van der Waals surface area (Å²) in [6, 6.07) is 23.8. The molecule has 6 heteroatoms. The Balaban J connectivity index is 1.41. The molecule has 0 bridgehead atoms. The number of para-hydroxylation sites is 1. The largest absolute Gasteiger partial charge is 0.379 e. The van der Waals surface area contributed by atoms with Gasteiger partial charge in [-0.25, -0.2) is 0 Å². The zero-order valence-corrected chi connectivity index (χ0v) is 17.2. The van der Waals surface area contributed by atoms with Crippen LogP contribution in [0.15, 0.2) is 78.9 Å². The molecule has 0 spiro atoms. The number of hydrogen-bond donors (Lipinski definition) is 2. The summed E-state index contributed by atoms with van der Waals surface area (Å²) in [5.41, 5.74) is 3.31. The highest BCUT2D eigenvalue weighted by Gasteiger charge is 2.15. The van der Waals surface area contributed by atoms with E-state index in [1.165, 1.54) is 5.56 Å². The molecule has 3 aromatic rings. The number of anilines is 2. The average Bonchev–Trinajstić information content (AvgIpc) is 2.82. The lowest BCUT2D eigenvalue weighted by atomic mass is 10.1. The van der Waals surface area contributed by atoms with E-state index in [0.717, 1.165) is 32.8 Å². The van der Waals surface area contributed by atoms with E-state index in [9.17, 15) is 9.59 Å². The van der Waals surface area contributed by atoms with Crippen LogP contribution < -0.4 is 10.6 Å². The number of ether oxygens (including phenoxy) is 1. The van der Waals surface area contributed by atoms with Gasteiger partial charge in [0.15, 0.2) is 0 Å². The van der Waals surface area contributed by atoms with Crippen molar-refractivity contribution in [2.75, 3.05) is 36.9 Å². The molecule has 158 valence electrons. The number of carbonyl (C=O) groups is 2. The highest BCUT2D eigenvalue weighted by atomic mass is 16.5. The van der Waals surface area contributed by atoms with E-state index < -0.39 is 0 Å². The monoisotopic (exact) mass is 415 g/mol. The summed E-state index contributed by atoms with van der Waals surface area (Å²) in [4.78, 5) is 27.7. The van der Waals surface area contributed by atoms with Crippen LogP contribution in [0.1, 0.15) is 26.3 Å². The number of nitrogens with one attached hydrogen (secondary N) is 2. The van der Waals surface area contributed by atoms with Crippen molar-refractivity contribution >= 4 is 23.2 Å². The van der Waals surface area contributed by atoms with Gasteiger partial charge in [-0.15, -0.1) is 0 Å². The zero-order chi connectivity index (χ0) is 21.5. The van der Waals surface area contributed by atoms with Gasteiger partial charge in [0.2, 0.25) is 0 Å². The van der Waals surface area contributed by atoms with Crippen molar-refractivity contribution in [3.8, 4) is 0 Å². The zero-order valence-electron chi connectivity index (χ0n) is 17.2. The SMILES string of the molecule is O=C(Nc1ccccc1C(=O)Nc1ccc(CN2CCOCC2)cc1)c1ccccc1. The number of nitrogens with zero attached hydrogens (tertiary/aromatic N) is 1. The first-order valence-electron chi connectivity index (χ1n) is 10.3. The van der Waals surface area contributed by atoms with E-state index >= 15 is 0 Å². The fourth-order valence-electron chi connectivity index (χ4n) is 3.48. The summed E-state index contributed by atoms with van der Waals surface area (Å²) in [6.45, 7) is 4.28. The van der Waals surface area contributed by atoms with Crippen molar-refractivity contribution in [2.24, 2.45) is 0 Å². The molecule has 0 saturated carbocycles. The summed E-state index contributed by atoms with van der Waals surface area (Å²) in [5.74, 6) is -0.529. The average molecular weight is 415 g/mol. The summed E-state index contributed by atoms with van der Waals surface area (Å²) in [5, 5.41) is 5.75. The van der Waals surface area contributed by atoms with Crippen LogP contribution in [0, 0.1) is 0 Å². The van der Waals surface area contributed by atoms with Crippen LogP contribution in [0.3, 0.4) is 0 Å². The minimum Gasteiger partial charge on any atom is -0.379 e. The first-order chi connectivity index (χ1) is 15.2. The predicted molar refractivity (Wildman–Crippen MR) is 121 cm³/mol. The molecule has 2 amide bonds. The Morgan fingerprint density at radius 2 is 1.45 bits per heavy atom. The van der Waals surface area contributed by atoms with Gasteiger partial charge in [0, 0.05) is 30.9 Å². The van der Waals surface area contributed by atoms with E-state index in [1.807, 2.05) is 30.3 Å². The van der Waals surface area contributed by atoms with Gasteiger partial charge in [-0.2, -0.15) is 0 Å². The summed E-state index contributed by atoms with van der Waals surface area (Å²) < 4.78 is 5.39. The number of benzene rings is 3. The van der Waals surface area contributed by atoms with Crippen LogP contribution in [-0.4, -0.2) is 43.0 Å². The number of carbonyl (C=O) groups excluding carboxylic acids is 2. The van der Waals surface area contributed by atoms with E-state index in [4.69, 9.17) is 4.74 Å². The second-order valence-electron chi connectivity index (χ2n) is 7.41. The molecule has 31 heavy (non-hydrogen) atoms. The Hall–Kier alpha value is -3.48. The van der Waals surface area contributed by atoms with Crippen LogP contribution in [0.5, 0.6) is 0 Å². The lowest BCUT2D eigenvalue weighted by Crippen LogP contribution is -2.35. The van der Waals surface area contributed by atoms with Crippen molar-refractivity contribution in [3.05, 3.63) is 95.6 Å². The van der Waals surface area contributed by atoms with Crippen molar-refractivity contribution in [1.29, 1.82) is 0 Å². The fourth-order valence-corrected chi connectivity index (χ4v) is 3.48. The van der Waals surface area contributed by atoms with Crippen molar-refractivity contribution in [2.45, 2.75) is 6.54 Å². The van der Waals surface area contributed by atoms with Crippen LogP contribution in [0.2, 0.25) is 0 Å². The standard InChI is InChI=1S/C25H25N3O3/c29-24(20-6-2-1-3-7-20)27-23-9-5-4-8-22(23)25(30)26-21-12-10-19(11-13-21)18-28-14-16-31-17-15-28/h1-13H,14-18H2,(H,26,30)(H,27,29).